The van der Waals surface area contributed by atoms with E-state index in [4.69, 9.17) is 4.74 Å². The van der Waals surface area contributed by atoms with Gasteiger partial charge in [-0.2, -0.15) is 0 Å². The fourth-order valence-corrected chi connectivity index (χ4v) is 5.48. The van der Waals surface area contributed by atoms with Gasteiger partial charge >= 0.3 is 0 Å². The summed E-state index contributed by atoms with van der Waals surface area (Å²) in [4.78, 5) is 29.6. The highest BCUT2D eigenvalue weighted by Crippen LogP contribution is 2.41. The summed E-state index contributed by atoms with van der Waals surface area (Å²) in [5.74, 6) is 0.526. The Bertz CT molecular complexity index is 1060. The van der Waals surface area contributed by atoms with E-state index in [2.05, 4.69) is 21.6 Å². The van der Waals surface area contributed by atoms with E-state index in [0.29, 0.717) is 24.1 Å². The number of benzene rings is 2. The van der Waals surface area contributed by atoms with Gasteiger partial charge in [0.25, 0.3) is 5.91 Å². The third-order valence-electron chi connectivity index (χ3n) is 7.63. The Morgan fingerprint density at radius 1 is 0.971 bits per heavy atom. The van der Waals surface area contributed by atoms with Crippen molar-refractivity contribution < 1.29 is 14.3 Å². The molecule has 2 fully saturated rings. The molecule has 5 rings (SSSR count). The third-order valence-corrected chi connectivity index (χ3v) is 7.63. The molecule has 186 valence electrons. The van der Waals surface area contributed by atoms with Crippen molar-refractivity contribution in [3.8, 4) is 0 Å². The van der Waals surface area contributed by atoms with E-state index in [0.717, 1.165) is 48.8 Å². The maximum absolute atomic E-state index is 13.0. The standard InChI is InChI=1S/C28H36N4O3/c1-19-28(34)31(2)25-14-13-23(15-26(25)32(19)24-7-5-3-4-6-8-24)30-22-11-9-21(10-12-22)27(33)29-16-20-17-35-18-20/h9-15,19-20,24,30H,3-8,16-18H2,1-2H3,(H,29,33). The third kappa shape index (κ3) is 5.01. The molecule has 35 heavy (non-hydrogen) atoms. The van der Waals surface area contributed by atoms with Gasteiger partial charge in [0.15, 0.2) is 0 Å². The SMILES string of the molecule is CC1C(=O)N(C)c2ccc(Nc3ccc(C(=O)NCC4COC4)cc3)cc2N1C1CCCCCC1. The second kappa shape index (κ2) is 10.3. The zero-order valence-electron chi connectivity index (χ0n) is 20.8. The smallest absolute Gasteiger partial charge is 0.251 e. The van der Waals surface area contributed by atoms with Crippen LogP contribution < -0.4 is 20.4 Å². The van der Waals surface area contributed by atoms with E-state index in [9.17, 15) is 9.59 Å². The van der Waals surface area contributed by atoms with Crippen LogP contribution in [0.3, 0.4) is 0 Å². The van der Waals surface area contributed by atoms with Gasteiger partial charge in [-0.3, -0.25) is 9.59 Å². The molecule has 2 amide bonds. The average molecular weight is 477 g/mol. The Morgan fingerprint density at radius 2 is 1.66 bits per heavy atom. The van der Waals surface area contributed by atoms with E-state index in [-0.39, 0.29) is 17.9 Å². The predicted molar refractivity (Wildman–Crippen MR) is 140 cm³/mol. The molecule has 3 aliphatic rings. The van der Waals surface area contributed by atoms with Gasteiger partial charge < -0.3 is 25.2 Å². The Kier molecular flexibility index (Phi) is 6.95. The predicted octanol–water partition coefficient (Wildman–Crippen LogP) is 4.70. The molecule has 0 aromatic heterocycles. The van der Waals surface area contributed by atoms with Crippen LogP contribution in [0.5, 0.6) is 0 Å². The Labute approximate surface area is 207 Å². The number of fused-ring (bicyclic) bond motifs is 1. The first-order valence-corrected chi connectivity index (χ1v) is 12.9. The normalized spacial score (nSPS) is 21.2. The second-order valence-corrected chi connectivity index (χ2v) is 10.1. The van der Waals surface area contributed by atoms with E-state index >= 15 is 0 Å². The van der Waals surface area contributed by atoms with E-state index in [1.54, 1.807) is 4.90 Å². The quantitative estimate of drug-likeness (QED) is 0.591. The number of ether oxygens (including phenoxy) is 1. The summed E-state index contributed by atoms with van der Waals surface area (Å²) in [5.41, 5.74) is 4.62. The summed E-state index contributed by atoms with van der Waals surface area (Å²) >= 11 is 0. The number of nitrogens with one attached hydrogen (secondary N) is 2. The number of carbonyl (C=O) groups is 2. The number of likely N-dealkylation sites (N-methyl/N-ethyl adjacent to an activating group) is 1. The van der Waals surface area contributed by atoms with Crippen LogP contribution in [0.4, 0.5) is 22.7 Å². The van der Waals surface area contributed by atoms with Crippen LogP contribution in [0.1, 0.15) is 55.8 Å². The van der Waals surface area contributed by atoms with Crippen LogP contribution in [-0.2, 0) is 9.53 Å². The monoisotopic (exact) mass is 476 g/mol. The number of amides is 2. The lowest BCUT2D eigenvalue weighted by atomic mass is 9.99. The highest BCUT2D eigenvalue weighted by atomic mass is 16.5. The van der Waals surface area contributed by atoms with Crippen molar-refractivity contribution in [1.29, 1.82) is 0 Å². The number of rotatable bonds is 6. The topological polar surface area (TPSA) is 73.9 Å². The number of nitrogens with zero attached hydrogens (tertiary/aromatic N) is 2. The van der Waals surface area contributed by atoms with Crippen LogP contribution in [0.25, 0.3) is 0 Å². The highest BCUT2D eigenvalue weighted by Gasteiger charge is 2.37. The maximum Gasteiger partial charge on any atom is 0.251 e. The summed E-state index contributed by atoms with van der Waals surface area (Å²) in [6, 6.07) is 14.0. The first-order valence-electron chi connectivity index (χ1n) is 12.9. The summed E-state index contributed by atoms with van der Waals surface area (Å²) in [6.07, 6.45) is 7.28. The Hall–Kier alpha value is -3.06. The molecule has 2 aromatic rings. The van der Waals surface area contributed by atoms with Gasteiger partial charge in [0.1, 0.15) is 6.04 Å². The zero-order valence-corrected chi connectivity index (χ0v) is 20.8. The molecule has 1 saturated carbocycles. The molecule has 1 aliphatic carbocycles. The van der Waals surface area contributed by atoms with E-state index in [1.807, 2.05) is 50.4 Å². The minimum Gasteiger partial charge on any atom is -0.381 e. The van der Waals surface area contributed by atoms with Crippen LogP contribution in [-0.4, -0.2) is 50.7 Å². The van der Waals surface area contributed by atoms with Crippen molar-refractivity contribution in [3.63, 3.8) is 0 Å². The molecule has 2 heterocycles. The summed E-state index contributed by atoms with van der Waals surface area (Å²) in [6.45, 7) is 4.14. The van der Waals surface area contributed by atoms with Crippen molar-refractivity contribution in [2.45, 2.75) is 57.5 Å². The molecule has 7 heteroatoms. The summed E-state index contributed by atoms with van der Waals surface area (Å²) in [5, 5.41) is 6.47. The van der Waals surface area contributed by atoms with Gasteiger partial charge in [0.2, 0.25) is 5.91 Å². The van der Waals surface area contributed by atoms with Crippen molar-refractivity contribution in [2.24, 2.45) is 5.92 Å². The van der Waals surface area contributed by atoms with Gasteiger partial charge in [0, 0.05) is 42.5 Å². The van der Waals surface area contributed by atoms with E-state index in [1.165, 1.54) is 25.7 Å². The van der Waals surface area contributed by atoms with Crippen LogP contribution >= 0.6 is 0 Å². The second-order valence-electron chi connectivity index (χ2n) is 10.1. The van der Waals surface area contributed by atoms with Gasteiger partial charge in [-0.25, -0.2) is 0 Å². The number of hydrogen-bond donors (Lipinski definition) is 2. The lowest BCUT2D eigenvalue weighted by Crippen LogP contribution is -2.54. The molecule has 1 unspecified atom stereocenters. The maximum atomic E-state index is 13.0. The van der Waals surface area contributed by atoms with E-state index < -0.39 is 0 Å². The van der Waals surface area contributed by atoms with Crippen molar-refractivity contribution in [1.82, 2.24) is 5.32 Å². The number of anilines is 4. The molecule has 0 radical (unpaired) electrons. The highest BCUT2D eigenvalue weighted by molar-refractivity contribution is 6.05. The largest absolute Gasteiger partial charge is 0.381 e. The first kappa shape index (κ1) is 23.7. The number of carbonyl (C=O) groups excluding carboxylic acids is 2. The first-order chi connectivity index (χ1) is 17.0. The Morgan fingerprint density at radius 3 is 2.31 bits per heavy atom. The van der Waals surface area contributed by atoms with Gasteiger partial charge in [-0.05, 0) is 62.2 Å². The van der Waals surface area contributed by atoms with Gasteiger partial charge in [0.05, 0.1) is 24.6 Å². The fourth-order valence-electron chi connectivity index (χ4n) is 5.48. The fraction of sp³-hybridized carbons (Fsp3) is 0.500. The molecular weight excluding hydrogens is 440 g/mol. The summed E-state index contributed by atoms with van der Waals surface area (Å²) < 4.78 is 5.16. The zero-order chi connectivity index (χ0) is 24.4. The minimum atomic E-state index is -0.171. The van der Waals surface area contributed by atoms with Gasteiger partial charge in [-0.1, -0.05) is 25.7 Å². The lowest BCUT2D eigenvalue weighted by molar-refractivity contribution is -0.119. The van der Waals surface area contributed by atoms with Crippen LogP contribution in [0.2, 0.25) is 0 Å². The molecule has 2 aromatic carbocycles. The molecule has 0 bridgehead atoms. The summed E-state index contributed by atoms with van der Waals surface area (Å²) in [7, 11) is 1.87. The van der Waals surface area contributed by atoms with Gasteiger partial charge in [-0.15, -0.1) is 0 Å². The lowest BCUT2D eigenvalue weighted by Gasteiger charge is -2.44. The molecule has 1 atom stereocenters. The van der Waals surface area contributed by atoms with Crippen LogP contribution in [0.15, 0.2) is 42.5 Å². The van der Waals surface area contributed by atoms with Crippen LogP contribution in [0, 0.1) is 5.92 Å². The minimum absolute atomic E-state index is 0.0574. The van der Waals surface area contributed by atoms with Crippen molar-refractivity contribution in [3.05, 3.63) is 48.0 Å². The Balaban J connectivity index is 1.33. The molecule has 2 aliphatic heterocycles. The average Bonchev–Trinajstić information content (AvgIpc) is 3.12. The number of hydrogen-bond acceptors (Lipinski definition) is 5. The molecular formula is C28H36N4O3. The van der Waals surface area contributed by atoms with Crippen molar-refractivity contribution in [2.75, 3.05) is 41.9 Å². The molecule has 1 saturated heterocycles. The molecule has 2 N–H and O–H groups in total. The molecule has 0 spiro atoms. The molecule has 7 nitrogen and oxygen atoms in total. The van der Waals surface area contributed by atoms with Crippen molar-refractivity contribution >= 4 is 34.6 Å².